The van der Waals surface area contributed by atoms with Crippen molar-refractivity contribution in [3.63, 3.8) is 0 Å². The fourth-order valence-electron chi connectivity index (χ4n) is 1.92. The molecule has 0 spiro atoms. The number of carboxylic acids is 1. The predicted molar refractivity (Wildman–Crippen MR) is 52.4 cm³/mol. The van der Waals surface area contributed by atoms with Crippen molar-refractivity contribution in [1.82, 2.24) is 4.98 Å². The molecule has 0 aromatic carbocycles. The van der Waals surface area contributed by atoms with Crippen molar-refractivity contribution in [2.24, 2.45) is 0 Å². The van der Waals surface area contributed by atoms with Crippen molar-refractivity contribution in [1.29, 1.82) is 0 Å². The van der Waals surface area contributed by atoms with Gasteiger partial charge in [-0.05, 0) is 12.8 Å². The van der Waals surface area contributed by atoms with Crippen molar-refractivity contribution in [2.75, 3.05) is 0 Å². The first-order valence-electron chi connectivity index (χ1n) is 4.58. The summed E-state index contributed by atoms with van der Waals surface area (Å²) in [5.41, 5.74) is 0.0591. The minimum absolute atomic E-state index is 0.0591. The molecule has 0 unspecified atom stereocenters. The lowest BCUT2D eigenvalue weighted by atomic mass is 10.0. The zero-order valence-corrected chi connectivity index (χ0v) is 9.08. The zero-order chi connectivity index (χ0) is 10.1. The number of hydrogen-bond donors (Lipinski definition) is 1. The molecule has 4 nitrogen and oxygen atoms in total. The Balaban J connectivity index is 2.35. The van der Waals surface area contributed by atoms with Crippen LogP contribution >= 0.6 is 15.9 Å². The van der Waals surface area contributed by atoms with Gasteiger partial charge < -0.3 is 9.52 Å². The third-order valence-corrected chi connectivity index (χ3v) is 2.90. The number of nitrogens with zero attached hydrogens (tertiary/aromatic N) is 1. The summed E-state index contributed by atoms with van der Waals surface area (Å²) in [4.78, 5) is 14.9. The Hall–Kier alpha value is -0.840. The largest absolute Gasteiger partial charge is 0.476 e. The van der Waals surface area contributed by atoms with Crippen LogP contribution < -0.4 is 0 Å². The maximum absolute atomic E-state index is 10.8. The second-order valence-corrected chi connectivity index (χ2v) is 4.14. The van der Waals surface area contributed by atoms with Crippen LogP contribution in [0.4, 0.5) is 0 Å². The summed E-state index contributed by atoms with van der Waals surface area (Å²) >= 11 is 3.06. The van der Waals surface area contributed by atoms with Crippen molar-refractivity contribution in [3.05, 3.63) is 16.3 Å². The van der Waals surface area contributed by atoms with Gasteiger partial charge in [-0.15, -0.1) is 0 Å². The van der Waals surface area contributed by atoms with Crippen LogP contribution in [0.25, 0.3) is 0 Å². The summed E-state index contributed by atoms with van der Waals surface area (Å²) in [6.07, 6.45) is 4.29. The van der Waals surface area contributed by atoms with Gasteiger partial charge in [0.25, 0.3) is 4.80 Å². The Labute approximate surface area is 89.5 Å². The molecule has 0 atom stereocenters. The number of oxazole rings is 1. The van der Waals surface area contributed by atoms with E-state index in [2.05, 4.69) is 20.9 Å². The Morgan fingerprint density at radius 2 is 2.14 bits per heavy atom. The van der Waals surface area contributed by atoms with Gasteiger partial charge in [-0.25, -0.2) is 4.79 Å². The van der Waals surface area contributed by atoms with E-state index in [9.17, 15) is 4.79 Å². The molecule has 0 saturated heterocycles. The molecule has 1 aliphatic rings. The van der Waals surface area contributed by atoms with E-state index in [1.54, 1.807) is 0 Å². The lowest BCUT2D eigenvalue weighted by molar-refractivity contribution is 0.0688. The Kier molecular flexibility index (Phi) is 2.58. The number of halogens is 1. The molecule has 1 aliphatic carbocycles. The Morgan fingerprint density at radius 1 is 1.50 bits per heavy atom. The lowest BCUT2D eigenvalue weighted by Crippen LogP contribution is -2.03. The zero-order valence-electron chi connectivity index (χ0n) is 7.49. The maximum Gasteiger partial charge on any atom is 0.358 e. The topological polar surface area (TPSA) is 63.3 Å². The van der Waals surface area contributed by atoms with Crippen molar-refractivity contribution in [2.45, 2.75) is 31.6 Å². The standard InChI is InChI=1S/C9H10BrNO3/c10-9-11-6(8(12)13)7(14-9)5-3-1-2-4-5/h5H,1-4H2,(H,12,13). The highest BCUT2D eigenvalue weighted by Crippen LogP contribution is 2.36. The molecular formula is C9H10BrNO3. The van der Waals surface area contributed by atoms with Crippen molar-refractivity contribution >= 4 is 21.9 Å². The molecule has 1 heterocycles. The summed E-state index contributed by atoms with van der Waals surface area (Å²) in [5, 5.41) is 8.90. The SMILES string of the molecule is O=C(O)c1nc(Br)oc1C1CCCC1. The molecule has 1 saturated carbocycles. The molecule has 5 heteroatoms. The smallest absolute Gasteiger partial charge is 0.358 e. The van der Waals surface area contributed by atoms with E-state index in [0.29, 0.717) is 5.76 Å². The highest BCUT2D eigenvalue weighted by Gasteiger charge is 2.28. The van der Waals surface area contributed by atoms with E-state index in [1.807, 2.05) is 0 Å². The average molecular weight is 260 g/mol. The van der Waals surface area contributed by atoms with Gasteiger partial charge in [-0.3, -0.25) is 0 Å². The Morgan fingerprint density at radius 3 is 2.71 bits per heavy atom. The fraction of sp³-hybridized carbons (Fsp3) is 0.556. The monoisotopic (exact) mass is 259 g/mol. The minimum Gasteiger partial charge on any atom is -0.476 e. The quantitative estimate of drug-likeness (QED) is 0.887. The van der Waals surface area contributed by atoms with Gasteiger partial charge in [0.05, 0.1) is 0 Å². The van der Waals surface area contributed by atoms with Crippen LogP contribution in [0.2, 0.25) is 0 Å². The first-order chi connectivity index (χ1) is 6.68. The normalized spacial score (nSPS) is 17.5. The minimum atomic E-state index is -1.01. The molecule has 14 heavy (non-hydrogen) atoms. The molecule has 1 aromatic heterocycles. The van der Waals surface area contributed by atoms with Crippen molar-refractivity contribution in [3.8, 4) is 0 Å². The summed E-state index contributed by atoms with van der Waals surface area (Å²) < 4.78 is 5.28. The number of aromatic nitrogens is 1. The predicted octanol–water partition coefficient (Wildman–Crippen LogP) is 2.79. The van der Waals surface area contributed by atoms with E-state index in [0.717, 1.165) is 25.7 Å². The molecule has 1 N–H and O–H groups in total. The van der Waals surface area contributed by atoms with E-state index in [4.69, 9.17) is 9.52 Å². The molecule has 76 valence electrons. The van der Waals surface area contributed by atoms with Gasteiger partial charge in [-0.1, -0.05) is 12.8 Å². The lowest BCUT2D eigenvalue weighted by Gasteiger charge is -2.04. The van der Waals surface area contributed by atoms with Gasteiger partial charge >= 0.3 is 5.97 Å². The second-order valence-electron chi connectivity index (χ2n) is 3.47. The molecule has 1 fully saturated rings. The summed E-state index contributed by atoms with van der Waals surface area (Å²) in [6.45, 7) is 0. The molecule has 0 radical (unpaired) electrons. The number of carbonyl (C=O) groups is 1. The van der Waals surface area contributed by atoms with Gasteiger partial charge in [0.1, 0.15) is 5.76 Å². The summed E-state index contributed by atoms with van der Waals surface area (Å²) in [5.74, 6) is -0.247. The molecule has 0 amide bonds. The van der Waals surface area contributed by atoms with Crippen molar-refractivity contribution < 1.29 is 14.3 Å². The van der Waals surface area contributed by atoms with Crippen LogP contribution in [-0.2, 0) is 0 Å². The average Bonchev–Trinajstić information content (AvgIpc) is 2.70. The first kappa shape index (κ1) is 9.71. The molecule has 1 aromatic rings. The van der Waals surface area contributed by atoms with Crippen LogP contribution in [0, 0.1) is 0 Å². The van der Waals surface area contributed by atoms with E-state index in [-0.39, 0.29) is 16.4 Å². The second kappa shape index (κ2) is 3.73. The molecule has 2 rings (SSSR count). The molecule has 0 aliphatic heterocycles. The first-order valence-corrected chi connectivity index (χ1v) is 5.37. The maximum atomic E-state index is 10.8. The van der Waals surface area contributed by atoms with Crippen LogP contribution in [0.5, 0.6) is 0 Å². The summed E-state index contributed by atoms with van der Waals surface area (Å²) in [6, 6.07) is 0. The van der Waals surface area contributed by atoms with Crippen LogP contribution in [-0.4, -0.2) is 16.1 Å². The highest BCUT2D eigenvalue weighted by molar-refractivity contribution is 9.10. The van der Waals surface area contributed by atoms with Gasteiger partial charge in [-0.2, -0.15) is 4.98 Å². The van der Waals surface area contributed by atoms with Gasteiger partial charge in [0.2, 0.25) is 0 Å². The number of carboxylic acid groups (broad SMARTS) is 1. The fourth-order valence-corrected chi connectivity index (χ4v) is 2.27. The van der Waals surface area contributed by atoms with Crippen LogP contribution in [0.1, 0.15) is 47.8 Å². The van der Waals surface area contributed by atoms with E-state index >= 15 is 0 Å². The van der Waals surface area contributed by atoms with E-state index in [1.165, 1.54) is 0 Å². The molecular weight excluding hydrogens is 250 g/mol. The highest BCUT2D eigenvalue weighted by atomic mass is 79.9. The third kappa shape index (κ3) is 1.68. The number of hydrogen-bond acceptors (Lipinski definition) is 3. The third-order valence-electron chi connectivity index (χ3n) is 2.56. The Bertz CT molecular complexity index is 355. The molecule has 0 bridgehead atoms. The van der Waals surface area contributed by atoms with Crippen LogP contribution in [0.15, 0.2) is 9.22 Å². The van der Waals surface area contributed by atoms with Gasteiger partial charge in [0, 0.05) is 21.8 Å². The number of rotatable bonds is 2. The summed E-state index contributed by atoms with van der Waals surface area (Å²) in [7, 11) is 0. The van der Waals surface area contributed by atoms with Crippen LogP contribution in [0.3, 0.4) is 0 Å². The number of aromatic carboxylic acids is 1. The van der Waals surface area contributed by atoms with E-state index < -0.39 is 5.97 Å². The van der Waals surface area contributed by atoms with Gasteiger partial charge in [0.15, 0.2) is 5.69 Å².